The molecule has 0 fully saturated rings. The van der Waals surface area contributed by atoms with E-state index in [0.717, 1.165) is 23.3 Å². The van der Waals surface area contributed by atoms with Crippen molar-refractivity contribution in [2.45, 2.75) is 20.3 Å². The molecule has 0 bridgehead atoms. The average molecular weight is 278 g/mol. The summed E-state index contributed by atoms with van der Waals surface area (Å²) in [5.74, 6) is 0. The lowest BCUT2D eigenvalue weighted by Gasteiger charge is -1.99. The van der Waals surface area contributed by atoms with Gasteiger partial charge in [0.1, 0.15) is 0 Å². The second-order valence-electron chi connectivity index (χ2n) is 3.57. The lowest BCUT2D eigenvalue weighted by atomic mass is 10.1. The van der Waals surface area contributed by atoms with Gasteiger partial charge in [0.25, 0.3) is 0 Å². The molecular formula is C14H16BrN. The van der Waals surface area contributed by atoms with Crippen LogP contribution in [0, 0.1) is 6.92 Å². The molecule has 84 valence electrons. The third-order valence-electron chi connectivity index (χ3n) is 2.15. The maximum atomic E-state index is 4.31. The Bertz CT molecular complexity index is 413. The van der Waals surface area contributed by atoms with Crippen LogP contribution in [0.25, 0.3) is 5.57 Å². The number of aromatic nitrogens is 1. The van der Waals surface area contributed by atoms with E-state index in [-0.39, 0.29) is 0 Å². The molecule has 0 N–H and O–H groups in total. The Kier molecular flexibility index (Phi) is 5.20. The highest BCUT2D eigenvalue weighted by atomic mass is 79.9. The normalized spacial score (nSPS) is 12.1. The smallest absolute Gasteiger partial charge is 0.0696 e. The number of halogens is 1. The predicted molar refractivity (Wildman–Crippen MR) is 74.4 cm³/mol. The molecule has 0 amide bonds. The van der Waals surface area contributed by atoms with Crippen LogP contribution >= 0.6 is 15.9 Å². The van der Waals surface area contributed by atoms with Gasteiger partial charge < -0.3 is 0 Å². The highest BCUT2D eigenvalue weighted by Crippen LogP contribution is 2.13. The summed E-state index contributed by atoms with van der Waals surface area (Å²) < 4.78 is 1.17. The zero-order chi connectivity index (χ0) is 12.0. The lowest BCUT2D eigenvalue weighted by Crippen LogP contribution is -1.85. The summed E-state index contributed by atoms with van der Waals surface area (Å²) in [6.45, 7) is 8.11. The summed E-state index contributed by atoms with van der Waals surface area (Å²) >= 11 is 3.46. The van der Waals surface area contributed by atoms with Crippen molar-refractivity contribution in [2.24, 2.45) is 0 Å². The Morgan fingerprint density at radius 2 is 2.25 bits per heavy atom. The van der Waals surface area contributed by atoms with E-state index in [9.17, 15) is 0 Å². The summed E-state index contributed by atoms with van der Waals surface area (Å²) in [6, 6.07) is 4.03. The number of aryl methyl sites for hydroxylation is 1. The van der Waals surface area contributed by atoms with Crippen molar-refractivity contribution in [1.29, 1.82) is 0 Å². The van der Waals surface area contributed by atoms with Gasteiger partial charge in [-0.1, -0.05) is 53.7 Å². The van der Waals surface area contributed by atoms with Gasteiger partial charge in [-0.25, -0.2) is 0 Å². The summed E-state index contributed by atoms with van der Waals surface area (Å²) in [5, 5.41) is 0. The molecular weight excluding hydrogens is 262 g/mol. The van der Waals surface area contributed by atoms with Gasteiger partial charge in [0.2, 0.25) is 0 Å². The zero-order valence-corrected chi connectivity index (χ0v) is 11.3. The molecule has 0 radical (unpaired) electrons. The number of rotatable bonds is 4. The van der Waals surface area contributed by atoms with Crippen LogP contribution in [0.2, 0.25) is 0 Å². The molecule has 0 saturated carbocycles. The van der Waals surface area contributed by atoms with E-state index in [1.807, 2.05) is 43.5 Å². The van der Waals surface area contributed by atoms with Crippen molar-refractivity contribution >= 4 is 21.5 Å². The van der Waals surface area contributed by atoms with Crippen LogP contribution in [0.4, 0.5) is 0 Å². The molecule has 0 unspecified atom stereocenters. The van der Waals surface area contributed by atoms with Gasteiger partial charge in [-0.15, -0.1) is 0 Å². The third-order valence-corrected chi connectivity index (χ3v) is 2.98. The Morgan fingerprint density at radius 1 is 1.50 bits per heavy atom. The molecule has 1 heterocycles. The first-order valence-electron chi connectivity index (χ1n) is 5.28. The van der Waals surface area contributed by atoms with Crippen molar-refractivity contribution in [3.63, 3.8) is 0 Å². The van der Waals surface area contributed by atoms with Crippen LogP contribution in [0.15, 0.2) is 47.6 Å². The fraction of sp³-hybridized carbons (Fsp3) is 0.214. The Hall–Kier alpha value is -1.15. The third kappa shape index (κ3) is 4.15. The Morgan fingerprint density at radius 3 is 2.81 bits per heavy atom. The first-order chi connectivity index (χ1) is 7.63. The highest BCUT2D eigenvalue weighted by molar-refractivity contribution is 9.11. The van der Waals surface area contributed by atoms with Crippen molar-refractivity contribution in [3.05, 3.63) is 58.9 Å². The van der Waals surface area contributed by atoms with Crippen LogP contribution < -0.4 is 0 Å². The lowest BCUT2D eigenvalue weighted by molar-refractivity contribution is 1.21. The first kappa shape index (κ1) is 12.9. The number of hydrogen-bond donors (Lipinski definition) is 0. The first-order valence-corrected chi connectivity index (χ1v) is 6.07. The second-order valence-corrected chi connectivity index (χ2v) is 4.59. The molecule has 1 rings (SSSR count). The highest BCUT2D eigenvalue weighted by Gasteiger charge is 1.95. The standard InChI is InChI=1S/C14H16BrN/c1-4-13(15)7-5-6-12(3)14-9-8-11(2)10-16-14/h5-10H,3-4H2,1-2H3/b6-5-,13-7+. The Labute approximate surface area is 106 Å². The van der Waals surface area contributed by atoms with Gasteiger partial charge in [0.05, 0.1) is 5.69 Å². The van der Waals surface area contributed by atoms with E-state index in [2.05, 4.69) is 34.4 Å². The minimum Gasteiger partial charge on any atom is -0.256 e. The van der Waals surface area contributed by atoms with E-state index in [1.165, 1.54) is 4.48 Å². The van der Waals surface area contributed by atoms with E-state index < -0.39 is 0 Å². The molecule has 0 atom stereocenters. The van der Waals surface area contributed by atoms with Gasteiger partial charge >= 0.3 is 0 Å². The summed E-state index contributed by atoms with van der Waals surface area (Å²) in [6.07, 6.45) is 8.83. The molecule has 0 aliphatic rings. The fourth-order valence-corrected chi connectivity index (χ4v) is 1.28. The van der Waals surface area contributed by atoms with E-state index in [0.29, 0.717) is 0 Å². The number of nitrogens with zero attached hydrogens (tertiary/aromatic N) is 1. The topological polar surface area (TPSA) is 12.9 Å². The number of pyridine rings is 1. The molecule has 0 aromatic carbocycles. The quantitative estimate of drug-likeness (QED) is 0.731. The molecule has 2 heteroatoms. The summed E-state index contributed by atoms with van der Waals surface area (Å²) in [5.41, 5.74) is 3.00. The van der Waals surface area contributed by atoms with Crippen LogP contribution in [-0.2, 0) is 0 Å². The minimum absolute atomic E-state index is 0.919. The molecule has 0 saturated heterocycles. The molecule has 1 aromatic heterocycles. The van der Waals surface area contributed by atoms with E-state index >= 15 is 0 Å². The van der Waals surface area contributed by atoms with Crippen molar-refractivity contribution in [2.75, 3.05) is 0 Å². The minimum atomic E-state index is 0.919. The van der Waals surface area contributed by atoms with Crippen molar-refractivity contribution in [1.82, 2.24) is 4.98 Å². The summed E-state index contributed by atoms with van der Waals surface area (Å²) in [4.78, 5) is 4.31. The second kappa shape index (κ2) is 6.44. The molecule has 16 heavy (non-hydrogen) atoms. The average Bonchev–Trinajstić information content (AvgIpc) is 2.29. The monoisotopic (exact) mass is 277 g/mol. The van der Waals surface area contributed by atoms with Gasteiger partial charge in [0, 0.05) is 6.20 Å². The van der Waals surface area contributed by atoms with Gasteiger partial charge in [-0.05, 0) is 35.0 Å². The van der Waals surface area contributed by atoms with Gasteiger partial charge in [-0.2, -0.15) is 0 Å². The predicted octanol–water partition coefficient (Wildman–Crippen LogP) is 4.65. The number of hydrogen-bond acceptors (Lipinski definition) is 1. The van der Waals surface area contributed by atoms with Crippen LogP contribution in [-0.4, -0.2) is 4.98 Å². The van der Waals surface area contributed by atoms with Crippen LogP contribution in [0.3, 0.4) is 0 Å². The fourth-order valence-electron chi connectivity index (χ4n) is 1.13. The SMILES string of the molecule is C=C(/C=C\C=C(\Br)CC)c1ccc(C)cn1. The van der Waals surface area contributed by atoms with E-state index in [4.69, 9.17) is 0 Å². The molecule has 1 aromatic rings. The Balaban J connectivity index is 2.69. The molecule has 0 aliphatic heterocycles. The zero-order valence-electron chi connectivity index (χ0n) is 9.70. The number of allylic oxidation sites excluding steroid dienone is 5. The van der Waals surface area contributed by atoms with Crippen LogP contribution in [0.5, 0.6) is 0 Å². The van der Waals surface area contributed by atoms with Crippen molar-refractivity contribution in [3.8, 4) is 0 Å². The molecule has 0 spiro atoms. The van der Waals surface area contributed by atoms with E-state index in [1.54, 1.807) is 0 Å². The molecule has 0 aliphatic carbocycles. The summed E-state index contributed by atoms with van der Waals surface area (Å²) in [7, 11) is 0. The van der Waals surface area contributed by atoms with Crippen LogP contribution in [0.1, 0.15) is 24.6 Å². The molecule has 1 nitrogen and oxygen atoms in total. The van der Waals surface area contributed by atoms with Gasteiger partial charge in [0.15, 0.2) is 0 Å². The largest absolute Gasteiger partial charge is 0.256 e. The van der Waals surface area contributed by atoms with Crippen molar-refractivity contribution < 1.29 is 0 Å². The maximum Gasteiger partial charge on any atom is 0.0696 e. The maximum absolute atomic E-state index is 4.31. The van der Waals surface area contributed by atoms with Gasteiger partial charge in [-0.3, -0.25) is 4.98 Å².